The Kier molecular flexibility index (Phi) is 10.1. The van der Waals surface area contributed by atoms with Crippen LogP contribution in [0, 0.1) is 11.3 Å². The first-order chi connectivity index (χ1) is 23.2. The third kappa shape index (κ3) is 7.55. The lowest BCUT2D eigenvalue weighted by atomic mass is 9.88. The van der Waals surface area contributed by atoms with Crippen LogP contribution < -0.4 is 15.4 Å². The average molecular weight is 682 g/mol. The molecule has 0 aliphatic carbocycles. The van der Waals surface area contributed by atoms with Gasteiger partial charge in [-0.05, 0) is 77.8 Å². The van der Waals surface area contributed by atoms with E-state index in [9.17, 15) is 23.3 Å². The number of nitriles is 1. The summed E-state index contributed by atoms with van der Waals surface area (Å²) >= 11 is 6.11. The minimum absolute atomic E-state index is 0.00465. The highest BCUT2D eigenvalue weighted by molar-refractivity contribution is 7.92. The van der Waals surface area contributed by atoms with Crippen molar-refractivity contribution in [2.24, 2.45) is 0 Å². The highest BCUT2D eigenvalue weighted by Gasteiger charge is 2.33. The van der Waals surface area contributed by atoms with Gasteiger partial charge in [0.1, 0.15) is 17.0 Å². The second kappa shape index (κ2) is 14.6. The predicted molar refractivity (Wildman–Crippen MR) is 185 cm³/mol. The van der Waals surface area contributed by atoms with Crippen molar-refractivity contribution in [2.75, 3.05) is 17.8 Å². The first-order valence-corrected chi connectivity index (χ1v) is 17.8. The molecular formula is C37H36ClN5O4S. The molecule has 2 amide bonds. The molecule has 11 heteroatoms. The first kappa shape index (κ1) is 33.2. The van der Waals surface area contributed by atoms with Crippen LogP contribution in [0.4, 0.5) is 5.69 Å². The summed E-state index contributed by atoms with van der Waals surface area (Å²) in [5.74, 6) is -0.379. The van der Waals surface area contributed by atoms with E-state index < -0.39 is 22.1 Å². The number of rotatable bonds is 9. The van der Waals surface area contributed by atoms with Gasteiger partial charge in [-0.3, -0.25) is 14.3 Å². The SMILES string of the molecule is N#Cc1ccccc1S(=O)(=O)Nc1ccccc1C1CCN(C(=O)C(Cc2ccc(Cl)cc2)NC(=O)C2Cc3ccccc3CN2)CC1. The Morgan fingerprint density at radius 1 is 0.917 bits per heavy atom. The number of para-hydroxylation sites is 1. The number of sulfonamides is 1. The zero-order chi connectivity index (χ0) is 33.7. The third-order valence-electron chi connectivity index (χ3n) is 9.11. The number of nitrogens with zero attached hydrogens (tertiary/aromatic N) is 2. The number of likely N-dealkylation sites (tertiary alicyclic amines) is 1. The quantitative estimate of drug-likeness (QED) is 0.224. The van der Waals surface area contributed by atoms with Crippen LogP contribution in [-0.2, 0) is 39.0 Å². The number of halogens is 1. The van der Waals surface area contributed by atoms with Gasteiger partial charge in [0.15, 0.2) is 0 Å². The van der Waals surface area contributed by atoms with Crippen molar-refractivity contribution in [3.8, 4) is 6.07 Å². The molecule has 2 aliphatic heterocycles. The standard InChI is InChI=1S/C37H36ClN5O4S/c38-30-15-13-25(14-16-30)21-34(41-36(44)33-22-27-7-1-2-9-29(27)24-40-33)37(45)43-19-17-26(18-20-43)31-10-4-5-11-32(31)42-48(46,47)35-12-6-3-8-28(35)23-39/h1-16,26,33-34,40,42H,17-22,24H2,(H,41,44). The number of amides is 2. The molecule has 4 aromatic rings. The van der Waals surface area contributed by atoms with Crippen molar-refractivity contribution in [3.05, 3.63) is 130 Å². The van der Waals surface area contributed by atoms with Gasteiger partial charge < -0.3 is 15.5 Å². The lowest BCUT2D eigenvalue weighted by Gasteiger charge is -2.36. The van der Waals surface area contributed by atoms with Crippen molar-refractivity contribution in [2.45, 2.75) is 55.1 Å². The van der Waals surface area contributed by atoms with Gasteiger partial charge in [0.2, 0.25) is 11.8 Å². The molecule has 2 aliphatic rings. The molecule has 9 nitrogen and oxygen atoms in total. The highest BCUT2D eigenvalue weighted by Crippen LogP contribution is 2.34. The summed E-state index contributed by atoms with van der Waals surface area (Å²) in [6.45, 7) is 1.48. The lowest BCUT2D eigenvalue weighted by molar-refractivity contribution is -0.137. The molecular weight excluding hydrogens is 646 g/mol. The summed E-state index contributed by atoms with van der Waals surface area (Å²) in [5.41, 5.74) is 4.52. The van der Waals surface area contributed by atoms with E-state index in [4.69, 9.17) is 11.6 Å². The van der Waals surface area contributed by atoms with Gasteiger partial charge >= 0.3 is 0 Å². The number of hydrogen-bond acceptors (Lipinski definition) is 6. The van der Waals surface area contributed by atoms with Crippen LogP contribution in [0.3, 0.4) is 0 Å². The zero-order valence-corrected chi connectivity index (χ0v) is 27.8. The molecule has 0 aromatic heterocycles. The molecule has 6 rings (SSSR count). The number of hydrogen-bond donors (Lipinski definition) is 3. The van der Waals surface area contributed by atoms with E-state index in [-0.39, 0.29) is 28.2 Å². The van der Waals surface area contributed by atoms with Crippen molar-refractivity contribution in [1.82, 2.24) is 15.5 Å². The van der Waals surface area contributed by atoms with E-state index in [1.54, 1.807) is 41.3 Å². The maximum absolute atomic E-state index is 14.0. The smallest absolute Gasteiger partial charge is 0.263 e. The fourth-order valence-corrected chi connectivity index (χ4v) is 7.91. The van der Waals surface area contributed by atoms with E-state index >= 15 is 0 Å². The van der Waals surface area contributed by atoms with Gasteiger partial charge in [-0.15, -0.1) is 0 Å². The minimum atomic E-state index is -4.01. The van der Waals surface area contributed by atoms with Crippen LogP contribution in [-0.4, -0.2) is 50.3 Å². The van der Waals surface area contributed by atoms with Gasteiger partial charge in [-0.2, -0.15) is 5.26 Å². The maximum Gasteiger partial charge on any atom is 0.263 e. The van der Waals surface area contributed by atoms with Gasteiger partial charge in [-0.1, -0.05) is 78.3 Å². The number of benzene rings is 4. The van der Waals surface area contributed by atoms with Crippen LogP contribution >= 0.6 is 11.6 Å². The topological polar surface area (TPSA) is 131 Å². The Morgan fingerprint density at radius 2 is 1.58 bits per heavy atom. The molecule has 0 saturated carbocycles. The Balaban J connectivity index is 1.15. The van der Waals surface area contributed by atoms with Crippen molar-refractivity contribution in [1.29, 1.82) is 5.26 Å². The van der Waals surface area contributed by atoms with E-state index in [1.807, 2.05) is 54.6 Å². The molecule has 0 spiro atoms. The molecule has 2 atom stereocenters. The number of carbonyl (C=O) groups excluding carboxylic acids is 2. The van der Waals surface area contributed by atoms with Crippen molar-refractivity contribution in [3.63, 3.8) is 0 Å². The van der Waals surface area contributed by atoms with Crippen molar-refractivity contribution < 1.29 is 18.0 Å². The van der Waals surface area contributed by atoms with Crippen molar-refractivity contribution >= 4 is 39.1 Å². The largest absolute Gasteiger partial charge is 0.343 e. The van der Waals surface area contributed by atoms with Gasteiger partial charge in [0.05, 0.1) is 17.3 Å². The van der Waals surface area contributed by atoms with Crippen LogP contribution in [0.5, 0.6) is 0 Å². The Hall–Kier alpha value is -4.69. The van der Waals surface area contributed by atoms with Crippen LogP contribution in [0.1, 0.15) is 46.6 Å². The van der Waals surface area contributed by atoms with E-state index in [1.165, 1.54) is 17.7 Å². The fourth-order valence-electron chi connectivity index (χ4n) is 6.54. The van der Waals surface area contributed by atoms with Crippen LogP contribution in [0.2, 0.25) is 5.02 Å². The molecule has 1 fully saturated rings. The Morgan fingerprint density at radius 3 is 2.33 bits per heavy atom. The van der Waals surface area contributed by atoms with Crippen LogP contribution in [0.25, 0.3) is 0 Å². The molecule has 1 saturated heterocycles. The Bertz CT molecular complexity index is 1950. The molecule has 3 N–H and O–H groups in total. The molecule has 0 bridgehead atoms. The van der Waals surface area contributed by atoms with E-state index in [0.29, 0.717) is 56.0 Å². The molecule has 4 aromatic carbocycles. The number of fused-ring (bicyclic) bond motifs is 1. The second-order valence-corrected chi connectivity index (χ2v) is 14.3. The maximum atomic E-state index is 14.0. The number of nitrogens with one attached hydrogen (secondary N) is 3. The minimum Gasteiger partial charge on any atom is -0.343 e. The number of carbonyl (C=O) groups is 2. The summed E-state index contributed by atoms with van der Waals surface area (Å²) in [7, 11) is -4.01. The number of anilines is 1. The molecule has 2 unspecified atom stereocenters. The summed E-state index contributed by atoms with van der Waals surface area (Å²) in [6.07, 6.45) is 2.09. The van der Waals surface area contributed by atoms with Gasteiger partial charge in [0.25, 0.3) is 10.0 Å². The fraction of sp³-hybridized carbons (Fsp3) is 0.270. The molecule has 246 valence electrons. The van der Waals surface area contributed by atoms with Crippen LogP contribution in [0.15, 0.2) is 102 Å². The summed E-state index contributed by atoms with van der Waals surface area (Å²) in [6, 6.07) is 29.4. The molecule has 0 radical (unpaired) electrons. The van der Waals surface area contributed by atoms with E-state index in [2.05, 4.69) is 15.4 Å². The predicted octanol–water partition coefficient (Wildman–Crippen LogP) is 5.16. The first-order valence-electron chi connectivity index (χ1n) is 16.0. The summed E-state index contributed by atoms with van der Waals surface area (Å²) < 4.78 is 29.3. The zero-order valence-electron chi connectivity index (χ0n) is 26.2. The summed E-state index contributed by atoms with van der Waals surface area (Å²) in [5, 5.41) is 16.4. The monoisotopic (exact) mass is 681 g/mol. The highest BCUT2D eigenvalue weighted by atomic mass is 35.5. The van der Waals surface area contributed by atoms with Gasteiger partial charge in [0, 0.05) is 31.1 Å². The average Bonchev–Trinajstić information content (AvgIpc) is 3.12. The molecule has 48 heavy (non-hydrogen) atoms. The normalized spacial score (nSPS) is 17.1. The molecule has 2 heterocycles. The number of piperidine rings is 1. The Labute approximate surface area is 286 Å². The van der Waals surface area contributed by atoms with E-state index in [0.717, 1.165) is 16.7 Å². The third-order valence-corrected chi connectivity index (χ3v) is 10.8. The summed E-state index contributed by atoms with van der Waals surface area (Å²) in [4.78, 5) is 29.3. The lowest BCUT2D eigenvalue weighted by Crippen LogP contribution is -2.56. The van der Waals surface area contributed by atoms with Gasteiger partial charge in [-0.25, -0.2) is 8.42 Å². The second-order valence-electron chi connectivity index (χ2n) is 12.2.